The lowest BCUT2D eigenvalue weighted by Crippen LogP contribution is -2.34. The SMILES string of the molecule is Cc1c(N2C(=O)[C@@H](C)S[C@@H]2c2ccc(Cl)cc2)c(=O)n(-c2ccccc2)n1C. The van der Waals surface area contributed by atoms with Gasteiger partial charge in [0.2, 0.25) is 5.91 Å². The first-order valence-corrected chi connectivity index (χ1v) is 10.3. The molecule has 7 heteroatoms. The molecule has 1 aliphatic rings. The molecule has 0 bridgehead atoms. The van der Waals surface area contributed by atoms with Crippen LogP contribution in [0.2, 0.25) is 5.02 Å². The lowest BCUT2D eigenvalue weighted by molar-refractivity contribution is -0.117. The molecule has 28 heavy (non-hydrogen) atoms. The third-order valence-electron chi connectivity index (χ3n) is 5.07. The van der Waals surface area contributed by atoms with Gasteiger partial charge in [-0.3, -0.25) is 19.2 Å². The van der Waals surface area contributed by atoms with Crippen molar-refractivity contribution >= 4 is 35.0 Å². The van der Waals surface area contributed by atoms with Crippen LogP contribution in [0, 0.1) is 6.92 Å². The smallest absolute Gasteiger partial charge is 0.288 e. The monoisotopic (exact) mass is 413 g/mol. The molecule has 0 saturated carbocycles. The fourth-order valence-electron chi connectivity index (χ4n) is 3.54. The number of para-hydroxylation sites is 1. The highest BCUT2D eigenvalue weighted by atomic mass is 35.5. The Morgan fingerprint density at radius 2 is 1.64 bits per heavy atom. The summed E-state index contributed by atoms with van der Waals surface area (Å²) in [7, 11) is 1.83. The number of aromatic nitrogens is 2. The van der Waals surface area contributed by atoms with E-state index in [1.54, 1.807) is 14.3 Å². The van der Waals surface area contributed by atoms with Crippen LogP contribution < -0.4 is 10.5 Å². The summed E-state index contributed by atoms with van der Waals surface area (Å²) in [6.45, 7) is 3.75. The molecule has 0 aliphatic carbocycles. The van der Waals surface area contributed by atoms with Crippen molar-refractivity contribution in [3.63, 3.8) is 0 Å². The van der Waals surface area contributed by atoms with Crippen LogP contribution in [-0.2, 0) is 11.8 Å². The van der Waals surface area contributed by atoms with E-state index in [1.807, 2.05) is 75.5 Å². The minimum atomic E-state index is -0.266. The number of amides is 1. The predicted octanol–water partition coefficient (Wildman–Crippen LogP) is 4.30. The summed E-state index contributed by atoms with van der Waals surface area (Å²) in [6.07, 6.45) is 0. The number of halogens is 1. The highest BCUT2D eigenvalue weighted by Gasteiger charge is 2.42. The quantitative estimate of drug-likeness (QED) is 0.643. The van der Waals surface area contributed by atoms with Gasteiger partial charge in [-0.25, -0.2) is 4.68 Å². The molecule has 0 N–H and O–H groups in total. The molecule has 2 atom stereocenters. The molecule has 1 saturated heterocycles. The van der Waals surface area contributed by atoms with Crippen LogP contribution in [0.1, 0.15) is 23.6 Å². The van der Waals surface area contributed by atoms with Crippen molar-refractivity contribution in [2.24, 2.45) is 7.05 Å². The summed E-state index contributed by atoms with van der Waals surface area (Å²) in [4.78, 5) is 28.1. The minimum absolute atomic E-state index is 0.0593. The van der Waals surface area contributed by atoms with Gasteiger partial charge in [-0.2, -0.15) is 0 Å². The maximum absolute atomic E-state index is 13.4. The summed E-state index contributed by atoms with van der Waals surface area (Å²) in [5, 5.41) is 0.141. The first kappa shape index (κ1) is 18.9. The van der Waals surface area contributed by atoms with Crippen LogP contribution in [-0.4, -0.2) is 20.5 Å². The third kappa shape index (κ3) is 2.97. The molecule has 0 spiro atoms. The zero-order chi connectivity index (χ0) is 20.0. The van der Waals surface area contributed by atoms with E-state index in [-0.39, 0.29) is 22.1 Å². The van der Waals surface area contributed by atoms with Gasteiger partial charge in [-0.15, -0.1) is 11.8 Å². The van der Waals surface area contributed by atoms with E-state index in [4.69, 9.17) is 11.6 Å². The van der Waals surface area contributed by atoms with E-state index >= 15 is 0 Å². The Morgan fingerprint density at radius 3 is 2.29 bits per heavy atom. The molecular weight excluding hydrogens is 394 g/mol. The van der Waals surface area contributed by atoms with Crippen LogP contribution in [0.5, 0.6) is 0 Å². The number of anilines is 1. The average Bonchev–Trinajstić information content (AvgIpc) is 3.09. The number of benzene rings is 2. The number of rotatable bonds is 3. The van der Waals surface area contributed by atoms with E-state index in [0.717, 1.165) is 16.9 Å². The molecule has 2 aromatic carbocycles. The van der Waals surface area contributed by atoms with Gasteiger partial charge >= 0.3 is 0 Å². The van der Waals surface area contributed by atoms with Crippen molar-refractivity contribution in [2.75, 3.05) is 4.90 Å². The van der Waals surface area contributed by atoms with E-state index in [2.05, 4.69) is 0 Å². The van der Waals surface area contributed by atoms with Crippen molar-refractivity contribution < 1.29 is 4.79 Å². The molecule has 3 aromatic rings. The van der Waals surface area contributed by atoms with Crippen LogP contribution in [0.25, 0.3) is 5.69 Å². The van der Waals surface area contributed by atoms with Gasteiger partial charge in [0, 0.05) is 12.1 Å². The van der Waals surface area contributed by atoms with Crippen LogP contribution in [0.15, 0.2) is 59.4 Å². The minimum Gasteiger partial charge on any atom is -0.288 e. The van der Waals surface area contributed by atoms with Gasteiger partial charge in [-0.05, 0) is 43.7 Å². The fourth-order valence-corrected chi connectivity index (χ4v) is 4.93. The third-order valence-corrected chi connectivity index (χ3v) is 6.68. The zero-order valence-electron chi connectivity index (χ0n) is 15.8. The van der Waals surface area contributed by atoms with Gasteiger partial charge in [0.25, 0.3) is 5.56 Å². The number of thioether (sulfide) groups is 1. The average molecular weight is 414 g/mol. The number of carbonyl (C=O) groups excluding carboxylic acids is 1. The summed E-state index contributed by atoms with van der Waals surface area (Å²) < 4.78 is 3.40. The molecule has 0 unspecified atom stereocenters. The molecule has 2 heterocycles. The van der Waals surface area contributed by atoms with E-state index in [0.29, 0.717) is 10.7 Å². The van der Waals surface area contributed by atoms with E-state index < -0.39 is 0 Å². The second-order valence-corrected chi connectivity index (χ2v) is 8.66. The van der Waals surface area contributed by atoms with Gasteiger partial charge in [0.15, 0.2) is 0 Å². The zero-order valence-corrected chi connectivity index (χ0v) is 17.4. The molecule has 1 fully saturated rings. The molecule has 4 rings (SSSR count). The van der Waals surface area contributed by atoms with Gasteiger partial charge in [0.1, 0.15) is 11.1 Å². The Kier molecular flexibility index (Phi) is 4.85. The fraction of sp³-hybridized carbons (Fsp3) is 0.238. The maximum atomic E-state index is 13.4. The first-order valence-electron chi connectivity index (χ1n) is 8.98. The van der Waals surface area contributed by atoms with Crippen molar-refractivity contribution in [3.05, 3.63) is 81.2 Å². The van der Waals surface area contributed by atoms with Crippen LogP contribution in [0.3, 0.4) is 0 Å². The van der Waals surface area contributed by atoms with E-state index in [1.165, 1.54) is 11.8 Å². The summed E-state index contributed by atoms with van der Waals surface area (Å²) in [5.41, 5.74) is 2.68. The Hall–Kier alpha value is -2.44. The molecule has 5 nitrogen and oxygen atoms in total. The van der Waals surface area contributed by atoms with E-state index in [9.17, 15) is 9.59 Å². The Morgan fingerprint density at radius 1 is 1.00 bits per heavy atom. The Bertz CT molecular complexity index is 1090. The number of carbonyl (C=O) groups is 1. The Labute approximate surface area is 172 Å². The maximum Gasteiger partial charge on any atom is 0.295 e. The Balaban J connectivity index is 1.88. The normalized spacial score (nSPS) is 19.4. The number of nitrogens with zero attached hydrogens (tertiary/aromatic N) is 3. The second kappa shape index (κ2) is 7.18. The topological polar surface area (TPSA) is 47.2 Å². The molecular formula is C21H20ClN3O2S. The lowest BCUT2D eigenvalue weighted by atomic mass is 10.2. The lowest BCUT2D eigenvalue weighted by Gasteiger charge is -2.23. The predicted molar refractivity (Wildman–Crippen MR) is 114 cm³/mol. The highest BCUT2D eigenvalue weighted by Crippen LogP contribution is 2.45. The largest absolute Gasteiger partial charge is 0.295 e. The molecule has 144 valence electrons. The summed E-state index contributed by atoms with van der Waals surface area (Å²) in [5.74, 6) is -0.0593. The van der Waals surface area contributed by atoms with Crippen molar-refractivity contribution in [3.8, 4) is 5.69 Å². The second-order valence-electron chi connectivity index (χ2n) is 6.80. The van der Waals surface area contributed by atoms with Crippen molar-refractivity contribution in [2.45, 2.75) is 24.5 Å². The van der Waals surface area contributed by atoms with Crippen molar-refractivity contribution in [1.29, 1.82) is 0 Å². The van der Waals surface area contributed by atoms with Gasteiger partial charge < -0.3 is 0 Å². The van der Waals surface area contributed by atoms with Gasteiger partial charge in [0.05, 0.1) is 16.6 Å². The number of hydrogen-bond acceptors (Lipinski definition) is 3. The van der Waals surface area contributed by atoms with Crippen LogP contribution >= 0.6 is 23.4 Å². The summed E-state index contributed by atoms with van der Waals surface area (Å²) in [6, 6.07) is 16.9. The highest BCUT2D eigenvalue weighted by molar-refractivity contribution is 8.01. The van der Waals surface area contributed by atoms with Gasteiger partial charge in [-0.1, -0.05) is 41.9 Å². The summed E-state index contributed by atoms with van der Waals surface area (Å²) >= 11 is 7.57. The number of hydrogen-bond donors (Lipinski definition) is 0. The molecule has 1 aromatic heterocycles. The molecule has 1 aliphatic heterocycles. The van der Waals surface area contributed by atoms with Crippen molar-refractivity contribution in [1.82, 2.24) is 9.36 Å². The first-order chi connectivity index (χ1) is 13.4. The van der Waals surface area contributed by atoms with Crippen LogP contribution in [0.4, 0.5) is 5.69 Å². The molecule has 0 radical (unpaired) electrons. The standard InChI is InChI=1S/C21H20ClN3O2S/c1-13-18(20(27)25(23(13)3)17-7-5-4-6-8-17)24-19(26)14(2)28-21(24)15-9-11-16(22)12-10-15/h4-12,14,21H,1-3H3/t14-,21-/m1/s1. The molecule has 1 amide bonds.